The lowest BCUT2D eigenvalue weighted by atomic mass is 9.92. The zero-order chi connectivity index (χ0) is 13.5. The molecule has 0 fully saturated rings. The Balaban J connectivity index is 2.01. The Hall–Kier alpha value is -1.52. The van der Waals surface area contributed by atoms with Gasteiger partial charge in [0.15, 0.2) is 0 Å². The van der Waals surface area contributed by atoms with Gasteiger partial charge in [-0.25, -0.2) is 0 Å². The van der Waals surface area contributed by atoms with E-state index < -0.39 is 0 Å². The Bertz CT molecular complexity index is 730. The smallest absolute Gasteiger partial charge is 0.224 e. The highest BCUT2D eigenvalue weighted by Gasteiger charge is 2.26. The van der Waals surface area contributed by atoms with Gasteiger partial charge in [-0.15, -0.1) is 11.3 Å². The zero-order valence-corrected chi connectivity index (χ0v) is 12.4. The van der Waals surface area contributed by atoms with Crippen LogP contribution >= 0.6 is 23.1 Å². The first-order valence-corrected chi connectivity index (χ1v) is 8.36. The Morgan fingerprint density at radius 3 is 2.90 bits per heavy atom. The lowest BCUT2D eigenvalue weighted by Gasteiger charge is -2.11. The van der Waals surface area contributed by atoms with Crippen LogP contribution in [0.25, 0.3) is 11.1 Å². The number of carbonyl (C=O) groups is 1. The van der Waals surface area contributed by atoms with Gasteiger partial charge in [0.1, 0.15) is 0 Å². The molecule has 0 atom stereocenters. The number of rotatable bonds is 0. The van der Waals surface area contributed by atoms with Gasteiger partial charge in [-0.2, -0.15) is 0 Å². The van der Waals surface area contributed by atoms with Gasteiger partial charge in [0.2, 0.25) is 5.91 Å². The van der Waals surface area contributed by atoms with Crippen molar-refractivity contribution in [2.24, 2.45) is 0 Å². The molecule has 0 unspecified atom stereocenters. The molecule has 2 aromatic rings. The summed E-state index contributed by atoms with van der Waals surface area (Å²) < 4.78 is 1.30. The van der Waals surface area contributed by atoms with Crippen LogP contribution < -0.4 is 5.32 Å². The molecule has 100 valence electrons. The van der Waals surface area contributed by atoms with Crippen molar-refractivity contribution in [2.75, 3.05) is 6.54 Å². The van der Waals surface area contributed by atoms with Crippen LogP contribution in [0.15, 0.2) is 44.8 Å². The number of benzene rings is 1. The Labute approximate surface area is 125 Å². The number of carbonyl (C=O) groups excluding carboxylic acids is 1. The molecule has 0 aliphatic carbocycles. The van der Waals surface area contributed by atoms with Gasteiger partial charge in [0.05, 0.1) is 10.6 Å². The number of amides is 1. The molecule has 2 nitrogen and oxygen atoms in total. The summed E-state index contributed by atoms with van der Waals surface area (Å²) in [4.78, 5) is 13.2. The van der Waals surface area contributed by atoms with Crippen LogP contribution in [0, 0.1) is 0 Å². The van der Waals surface area contributed by atoms with Gasteiger partial charge in [-0.1, -0.05) is 30.0 Å². The summed E-state index contributed by atoms with van der Waals surface area (Å²) in [5.74, 6) is 0.136. The van der Waals surface area contributed by atoms with Crippen molar-refractivity contribution in [3.8, 4) is 0 Å². The van der Waals surface area contributed by atoms with Gasteiger partial charge < -0.3 is 5.32 Å². The number of nitrogens with one attached hydrogen (secondary N) is 1. The third-order valence-corrected chi connectivity index (χ3v) is 5.99. The molecule has 2 aliphatic rings. The molecule has 1 amide bonds. The third-order valence-electron chi connectivity index (χ3n) is 3.77. The first-order chi connectivity index (χ1) is 9.83. The minimum absolute atomic E-state index is 0.136. The SMILES string of the molecule is O=C1CC2=C(CCN1)c1ccccc1Sc1sccc12. The monoisotopic (exact) mass is 299 g/mol. The molecule has 1 aromatic carbocycles. The second kappa shape index (κ2) is 4.79. The third kappa shape index (κ3) is 1.91. The summed E-state index contributed by atoms with van der Waals surface area (Å²) in [5, 5.41) is 5.12. The van der Waals surface area contributed by atoms with Crippen LogP contribution in [0.5, 0.6) is 0 Å². The number of fused-ring (bicyclic) bond motifs is 4. The van der Waals surface area contributed by atoms with E-state index in [2.05, 4.69) is 41.0 Å². The highest BCUT2D eigenvalue weighted by atomic mass is 32.2. The standard InChI is InChI=1S/C16H13NOS2/c18-15-9-13-10(5-7-17-15)11-3-1-2-4-14(11)20-16-12(13)6-8-19-16/h1-4,6,8H,5,7,9H2,(H,17,18). The van der Waals surface area contributed by atoms with Crippen LogP contribution in [-0.2, 0) is 4.79 Å². The van der Waals surface area contributed by atoms with Crippen LogP contribution in [0.4, 0.5) is 0 Å². The van der Waals surface area contributed by atoms with Crippen molar-refractivity contribution in [3.05, 3.63) is 46.8 Å². The van der Waals surface area contributed by atoms with E-state index in [1.54, 1.807) is 11.3 Å². The van der Waals surface area contributed by atoms with Crippen LogP contribution in [0.2, 0.25) is 0 Å². The minimum Gasteiger partial charge on any atom is -0.355 e. The summed E-state index contributed by atoms with van der Waals surface area (Å²) >= 11 is 3.59. The predicted octanol–water partition coefficient (Wildman–Crippen LogP) is 4.03. The normalized spacial score (nSPS) is 17.5. The van der Waals surface area contributed by atoms with E-state index in [0.717, 1.165) is 13.0 Å². The van der Waals surface area contributed by atoms with Crippen molar-refractivity contribution in [3.63, 3.8) is 0 Å². The lowest BCUT2D eigenvalue weighted by molar-refractivity contribution is -0.119. The average Bonchev–Trinajstić information content (AvgIpc) is 2.76. The van der Waals surface area contributed by atoms with E-state index in [1.807, 2.05) is 11.8 Å². The quantitative estimate of drug-likeness (QED) is 0.795. The Morgan fingerprint density at radius 2 is 1.95 bits per heavy atom. The first-order valence-electron chi connectivity index (χ1n) is 6.67. The molecule has 3 heterocycles. The van der Waals surface area contributed by atoms with Crippen molar-refractivity contribution >= 4 is 40.2 Å². The van der Waals surface area contributed by atoms with Crippen molar-refractivity contribution < 1.29 is 4.79 Å². The fourth-order valence-corrected chi connectivity index (χ4v) is 5.09. The van der Waals surface area contributed by atoms with Gasteiger partial charge in [0.25, 0.3) is 0 Å². The second-order valence-corrected chi connectivity index (χ2v) is 7.18. The highest BCUT2D eigenvalue weighted by molar-refractivity contribution is 8.01. The molecule has 1 N–H and O–H groups in total. The van der Waals surface area contributed by atoms with Gasteiger partial charge in [0, 0.05) is 17.0 Å². The molecule has 0 bridgehead atoms. The van der Waals surface area contributed by atoms with Crippen molar-refractivity contribution in [1.82, 2.24) is 5.32 Å². The molecule has 0 spiro atoms. The lowest BCUT2D eigenvalue weighted by Crippen LogP contribution is -2.22. The average molecular weight is 299 g/mol. The summed E-state index contributed by atoms with van der Waals surface area (Å²) in [7, 11) is 0. The topological polar surface area (TPSA) is 29.1 Å². The number of hydrogen-bond donors (Lipinski definition) is 1. The second-order valence-electron chi connectivity index (χ2n) is 4.95. The molecule has 0 radical (unpaired) electrons. The Morgan fingerprint density at radius 1 is 1.05 bits per heavy atom. The molecule has 1 aromatic heterocycles. The molecule has 2 aliphatic heterocycles. The van der Waals surface area contributed by atoms with Gasteiger partial charge in [-0.05, 0) is 40.6 Å². The first kappa shape index (κ1) is 12.2. The van der Waals surface area contributed by atoms with Crippen molar-refractivity contribution in [1.29, 1.82) is 0 Å². The molecular weight excluding hydrogens is 286 g/mol. The summed E-state index contributed by atoms with van der Waals surface area (Å²) in [6.07, 6.45) is 1.40. The van der Waals surface area contributed by atoms with E-state index in [-0.39, 0.29) is 5.91 Å². The maximum atomic E-state index is 11.9. The fraction of sp³-hybridized carbons (Fsp3) is 0.188. The van der Waals surface area contributed by atoms with E-state index in [1.165, 1.54) is 31.4 Å². The van der Waals surface area contributed by atoms with E-state index in [0.29, 0.717) is 6.42 Å². The maximum absolute atomic E-state index is 11.9. The summed E-state index contributed by atoms with van der Waals surface area (Å²) in [5.41, 5.74) is 5.10. The van der Waals surface area contributed by atoms with E-state index in [4.69, 9.17) is 0 Å². The van der Waals surface area contributed by atoms with Gasteiger partial charge >= 0.3 is 0 Å². The molecule has 0 saturated carbocycles. The van der Waals surface area contributed by atoms with Gasteiger partial charge in [-0.3, -0.25) is 4.79 Å². The van der Waals surface area contributed by atoms with Crippen LogP contribution in [0.3, 0.4) is 0 Å². The highest BCUT2D eigenvalue weighted by Crippen LogP contribution is 2.48. The van der Waals surface area contributed by atoms with E-state index >= 15 is 0 Å². The zero-order valence-electron chi connectivity index (χ0n) is 10.8. The summed E-state index contributed by atoms with van der Waals surface area (Å²) in [6.45, 7) is 0.732. The summed E-state index contributed by atoms with van der Waals surface area (Å²) in [6, 6.07) is 10.7. The molecular formula is C16H13NOS2. The largest absolute Gasteiger partial charge is 0.355 e. The predicted molar refractivity (Wildman–Crippen MR) is 83.9 cm³/mol. The number of thiophene rings is 1. The number of hydrogen-bond acceptors (Lipinski definition) is 3. The molecule has 20 heavy (non-hydrogen) atoms. The van der Waals surface area contributed by atoms with E-state index in [9.17, 15) is 4.79 Å². The van der Waals surface area contributed by atoms with Crippen LogP contribution in [0.1, 0.15) is 24.0 Å². The maximum Gasteiger partial charge on any atom is 0.224 e. The molecule has 0 saturated heterocycles. The molecule has 4 heteroatoms. The van der Waals surface area contributed by atoms with Crippen molar-refractivity contribution in [2.45, 2.75) is 21.9 Å². The fourth-order valence-electron chi connectivity index (χ4n) is 2.87. The molecule has 4 rings (SSSR count). The minimum atomic E-state index is 0.136. The Kier molecular flexibility index (Phi) is 2.93. The van der Waals surface area contributed by atoms with Crippen LogP contribution in [-0.4, -0.2) is 12.5 Å².